The van der Waals surface area contributed by atoms with Crippen LogP contribution in [0.15, 0.2) is 29.1 Å². The van der Waals surface area contributed by atoms with Crippen LogP contribution in [0.25, 0.3) is 22.4 Å². The molecule has 1 aromatic carbocycles. The van der Waals surface area contributed by atoms with Crippen LogP contribution in [-0.4, -0.2) is 37.4 Å². The van der Waals surface area contributed by atoms with Gasteiger partial charge in [0.1, 0.15) is 17.1 Å². The second kappa shape index (κ2) is 6.15. The third-order valence-corrected chi connectivity index (χ3v) is 3.50. The second-order valence-corrected chi connectivity index (χ2v) is 5.23. The van der Waals surface area contributed by atoms with Gasteiger partial charge in [0.05, 0.1) is 12.2 Å². The van der Waals surface area contributed by atoms with Crippen molar-refractivity contribution in [2.75, 3.05) is 6.61 Å². The number of para-hydroxylation sites is 1. The van der Waals surface area contributed by atoms with E-state index in [1.54, 1.807) is 18.2 Å². The Bertz CT molecular complexity index is 974. The van der Waals surface area contributed by atoms with Gasteiger partial charge in [0.15, 0.2) is 11.2 Å². The van der Waals surface area contributed by atoms with E-state index in [1.807, 2.05) is 13.0 Å². The Morgan fingerprint density at radius 2 is 2.12 bits per heavy atom. The number of nitrogens with one attached hydrogen (secondary N) is 1. The van der Waals surface area contributed by atoms with Crippen LogP contribution in [-0.2, 0) is 7.05 Å². The smallest absolute Gasteiger partial charge is 0.358 e. The highest BCUT2D eigenvalue weighted by Gasteiger charge is 2.21. The van der Waals surface area contributed by atoms with Crippen LogP contribution < -0.4 is 10.3 Å². The quantitative estimate of drug-likeness (QED) is 0.739. The van der Waals surface area contributed by atoms with Crippen molar-refractivity contribution in [2.45, 2.75) is 13.3 Å². The number of aryl methyl sites for hydroxylation is 1. The Labute approximate surface area is 136 Å². The van der Waals surface area contributed by atoms with Crippen LogP contribution in [0.3, 0.4) is 0 Å². The summed E-state index contributed by atoms with van der Waals surface area (Å²) in [6.45, 7) is 2.51. The first-order valence-electron chi connectivity index (χ1n) is 7.45. The molecule has 8 nitrogen and oxygen atoms in total. The molecule has 2 aromatic heterocycles. The molecule has 0 unspecified atom stereocenters. The van der Waals surface area contributed by atoms with E-state index in [-0.39, 0.29) is 22.6 Å². The number of carboxylic acid groups (broad SMARTS) is 1. The Kier molecular flexibility index (Phi) is 4.03. The number of carboxylic acids is 1. The third kappa shape index (κ3) is 2.62. The Hall–Kier alpha value is -3.16. The molecule has 2 heterocycles. The first-order chi connectivity index (χ1) is 11.5. The molecule has 8 heteroatoms. The maximum absolute atomic E-state index is 12.4. The largest absolute Gasteiger partial charge is 0.493 e. The van der Waals surface area contributed by atoms with Gasteiger partial charge in [0.2, 0.25) is 0 Å². The number of ether oxygens (including phenoxy) is 1. The number of hydrogen-bond donors (Lipinski definition) is 2. The second-order valence-electron chi connectivity index (χ2n) is 5.23. The van der Waals surface area contributed by atoms with Gasteiger partial charge in [0, 0.05) is 7.05 Å². The van der Waals surface area contributed by atoms with Gasteiger partial charge in [-0.1, -0.05) is 19.1 Å². The van der Waals surface area contributed by atoms with Gasteiger partial charge >= 0.3 is 5.97 Å². The highest BCUT2D eigenvalue weighted by atomic mass is 16.5. The number of H-pyrrole nitrogens is 1. The summed E-state index contributed by atoms with van der Waals surface area (Å²) in [7, 11) is 1.50. The molecule has 2 N–H and O–H groups in total. The minimum atomic E-state index is -1.24. The number of rotatable bonds is 5. The first-order valence-corrected chi connectivity index (χ1v) is 7.45. The Balaban J connectivity index is 2.23. The summed E-state index contributed by atoms with van der Waals surface area (Å²) in [5.41, 5.74) is 0.0388. The Morgan fingerprint density at radius 3 is 2.83 bits per heavy atom. The molecule has 124 valence electrons. The van der Waals surface area contributed by atoms with Gasteiger partial charge < -0.3 is 14.8 Å². The number of aromatic nitrogens is 4. The lowest BCUT2D eigenvalue weighted by Gasteiger charge is -2.10. The number of hydrogen-bond acceptors (Lipinski definition) is 5. The molecule has 0 saturated heterocycles. The summed E-state index contributed by atoms with van der Waals surface area (Å²) >= 11 is 0. The maximum Gasteiger partial charge on any atom is 0.358 e. The van der Waals surface area contributed by atoms with Crippen LogP contribution >= 0.6 is 0 Å². The van der Waals surface area contributed by atoms with Crippen molar-refractivity contribution < 1.29 is 14.6 Å². The van der Waals surface area contributed by atoms with Crippen LogP contribution in [0.1, 0.15) is 23.8 Å². The van der Waals surface area contributed by atoms with Gasteiger partial charge in [-0.25, -0.2) is 9.78 Å². The zero-order valence-electron chi connectivity index (χ0n) is 13.2. The Morgan fingerprint density at radius 1 is 1.38 bits per heavy atom. The van der Waals surface area contributed by atoms with Crippen molar-refractivity contribution >= 4 is 17.0 Å². The molecule has 0 fully saturated rings. The zero-order chi connectivity index (χ0) is 17.3. The summed E-state index contributed by atoms with van der Waals surface area (Å²) in [6.07, 6.45) is 0.836. The van der Waals surface area contributed by atoms with Gasteiger partial charge in [-0.05, 0) is 18.6 Å². The molecule has 0 bridgehead atoms. The summed E-state index contributed by atoms with van der Waals surface area (Å²) in [6, 6.07) is 7.14. The molecule has 3 aromatic rings. The summed E-state index contributed by atoms with van der Waals surface area (Å²) in [5, 5.41) is 13.1. The van der Waals surface area contributed by atoms with Crippen molar-refractivity contribution in [1.29, 1.82) is 0 Å². The molecular weight excluding hydrogens is 312 g/mol. The number of aromatic amines is 1. The lowest BCUT2D eigenvalue weighted by atomic mass is 10.2. The average Bonchev–Trinajstić information content (AvgIpc) is 2.90. The van der Waals surface area contributed by atoms with E-state index in [0.717, 1.165) is 6.42 Å². The van der Waals surface area contributed by atoms with Crippen molar-refractivity contribution in [3.8, 4) is 17.1 Å². The zero-order valence-corrected chi connectivity index (χ0v) is 13.2. The fraction of sp³-hybridized carbons (Fsp3) is 0.250. The molecule has 0 saturated carbocycles. The summed E-state index contributed by atoms with van der Waals surface area (Å²) in [5.74, 6) is -0.419. The van der Waals surface area contributed by atoms with E-state index in [4.69, 9.17) is 4.74 Å². The predicted octanol–water partition coefficient (Wildman–Crippen LogP) is 1.81. The van der Waals surface area contributed by atoms with Gasteiger partial charge in [-0.15, -0.1) is 0 Å². The molecule has 0 atom stereocenters. The summed E-state index contributed by atoms with van der Waals surface area (Å²) in [4.78, 5) is 30.7. The van der Waals surface area contributed by atoms with Crippen LogP contribution in [0, 0.1) is 0 Å². The van der Waals surface area contributed by atoms with E-state index in [1.165, 1.54) is 11.7 Å². The fourth-order valence-electron chi connectivity index (χ4n) is 2.45. The number of nitrogens with zero attached hydrogens (tertiary/aromatic N) is 3. The fourth-order valence-corrected chi connectivity index (χ4v) is 2.45. The third-order valence-electron chi connectivity index (χ3n) is 3.50. The molecule has 0 aliphatic rings. The molecule has 0 amide bonds. The highest BCUT2D eigenvalue weighted by Crippen LogP contribution is 2.28. The molecule has 3 rings (SSSR count). The van der Waals surface area contributed by atoms with E-state index in [2.05, 4.69) is 15.1 Å². The number of benzene rings is 1. The standard InChI is InChI=1S/C16H16N4O4/c1-3-8-24-10-7-5-4-6-9(10)14-17-11-12(16(22)23)19-20(2)13(11)15(21)18-14/h4-7H,3,8H2,1-2H3,(H,22,23)(H,17,18,21). The lowest BCUT2D eigenvalue weighted by Crippen LogP contribution is -2.13. The van der Waals surface area contributed by atoms with Crippen LogP contribution in [0.2, 0.25) is 0 Å². The monoisotopic (exact) mass is 328 g/mol. The maximum atomic E-state index is 12.4. The highest BCUT2D eigenvalue weighted by molar-refractivity contribution is 5.99. The van der Waals surface area contributed by atoms with Crippen molar-refractivity contribution in [3.05, 3.63) is 40.3 Å². The molecule has 0 aliphatic heterocycles. The van der Waals surface area contributed by atoms with Crippen LogP contribution in [0.5, 0.6) is 5.75 Å². The normalized spacial score (nSPS) is 10.9. The molecule has 0 spiro atoms. The van der Waals surface area contributed by atoms with E-state index in [9.17, 15) is 14.7 Å². The van der Waals surface area contributed by atoms with Crippen molar-refractivity contribution in [3.63, 3.8) is 0 Å². The van der Waals surface area contributed by atoms with E-state index < -0.39 is 11.5 Å². The topological polar surface area (TPSA) is 110 Å². The van der Waals surface area contributed by atoms with Gasteiger partial charge in [-0.2, -0.15) is 5.10 Å². The predicted molar refractivity (Wildman–Crippen MR) is 87.3 cm³/mol. The van der Waals surface area contributed by atoms with Gasteiger partial charge in [-0.3, -0.25) is 9.48 Å². The number of carbonyl (C=O) groups is 1. The molecule has 24 heavy (non-hydrogen) atoms. The van der Waals surface area contributed by atoms with Gasteiger partial charge in [0.25, 0.3) is 5.56 Å². The number of fused-ring (bicyclic) bond motifs is 1. The molecular formula is C16H16N4O4. The SMILES string of the molecule is CCCOc1ccccc1-c1nc2c(C(=O)O)nn(C)c2c(=O)[nH]1. The molecule has 0 radical (unpaired) electrons. The molecule has 0 aliphatic carbocycles. The average molecular weight is 328 g/mol. The lowest BCUT2D eigenvalue weighted by molar-refractivity contribution is 0.0691. The van der Waals surface area contributed by atoms with Crippen LogP contribution in [0.4, 0.5) is 0 Å². The first kappa shape index (κ1) is 15.7. The van der Waals surface area contributed by atoms with Crippen molar-refractivity contribution in [1.82, 2.24) is 19.7 Å². The number of aromatic carboxylic acids is 1. The summed E-state index contributed by atoms with van der Waals surface area (Å²) < 4.78 is 6.89. The minimum absolute atomic E-state index is 0.0500. The van der Waals surface area contributed by atoms with Crippen molar-refractivity contribution in [2.24, 2.45) is 7.05 Å². The minimum Gasteiger partial charge on any atom is -0.493 e. The van der Waals surface area contributed by atoms with E-state index in [0.29, 0.717) is 17.9 Å². The van der Waals surface area contributed by atoms with E-state index >= 15 is 0 Å².